The van der Waals surface area contributed by atoms with Gasteiger partial charge in [0.2, 0.25) is 5.56 Å². The van der Waals surface area contributed by atoms with E-state index in [0.29, 0.717) is 11.1 Å². The summed E-state index contributed by atoms with van der Waals surface area (Å²) < 4.78 is 0. The Bertz CT molecular complexity index is 525. The standard InChI is InChI=1S/C11H9NO3/c13-8-2-3-10(14)9(5-8)7-1-4-11(15)12-6-7/h1-6,13-14H,(H,12,15). The molecule has 1 aromatic carbocycles. The van der Waals surface area contributed by atoms with Crippen molar-refractivity contribution in [3.05, 3.63) is 46.9 Å². The Hall–Kier alpha value is -2.23. The average molecular weight is 203 g/mol. The summed E-state index contributed by atoms with van der Waals surface area (Å²) in [5.74, 6) is 0.119. The molecule has 76 valence electrons. The van der Waals surface area contributed by atoms with Gasteiger partial charge in [0.25, 0.3) is 0 Å². The largest absolute Gasteiger partial charge is 0.508 e. The zero-order valence-electron chi connectivity index (χ0n) is 7.77. The molecule has 1 heterocycles. The van der Waals surface area contributed by atoms with Crippen LogP contribution >= 0.6 is 0 Å². The first-order valence-corrected chi connectivity index (χ1v) is 4.38. The molecule has 0 radical (unpaired) electrons. The number of nitrogens with one attached hydrogen (secondary N) is 1. The molecule has 0 aliphatic heterocycles. The maximum absolute atomic E-state index is 10.8. The molecular formula is C11H9NO3. The van der Waals surface area contributed by atoms with Crippen LogP contribution in [0.3, 0.4) is 0 Å². The summed E-state index contributed by atoms with van der Waals surface area (Å²) in [6.07, 6.45) is 1.48. The molecule has 2 aromatic rings. The highest BCUT2D eigenvalue weighted by atomic mass is 16.3. The molecule has 0 amide bonds. The highest BCUT2D eigenvalue weighted by Crippen LogP contribution is 2.30. The van der Waals surface area contributed by atoms with Crippen LogP contribution in [-0.4, -0.2) is 15.2 Å². The third-order valence-corrected chi connectivity index (χ3v) is 2.08. The van der Waals surface area contributed by atoms with Gasteiger partial charge in [0, 0.05) is 23.4 Å². The third kappa shape index (κ3) is 1.83. The molecule has 0 aliphatic rings. The van der Waals surface area contributed by atoms with E-state index in [0.717, 1.165) is 0 Å². The minimum absolute atomic E-state index is 0.0554. The number of phenols is 2. The second kappa shape index (κ2) is 3.49. The lowest BCUT2D eigenvalue weighted by atomic mass is 10.1. The molecule has 3 N–H and O–H groups in total. The van der Waals surface area contributed by atoms with E-state index in [1.807, 2.05) is 0 Å². The summed E-state index contributed by atoms with van der Waals surface area (Å²) in [6, 6.07) is 7.16. The van der Waals surface area contributed by atoms with Crippen LogP contribution in [0, 0.1) is 0 Å². The first kappa shape index (κ1) is 9.33. The molecule has 0 unspecified atom stereocenters. The van der Waals surface area contributed by atoms with E-state index in [1.165, 1.54) is 30.5 Å². The lowest BCUT2D eigenvalue weighted by Gasteiger charge is -2.04. The number of hydrogen-bond acceptors (Lipinski definition) is 3. The first-order valence-electron chi connectivity index (χ1n) is 4.38. The molecule has 0 saturated heterocycles. The number of aromatic hydroxyl groups is 2. The summed E-state index contributed by atoms with van der Waals surface area (Å²) in [7, 11) is 0. The van der Waals surface area contributed by atoms with Crippen LogP contribution in [0.5, 0.6) is 11.5 Å². The fourth-order valence-electron chi connectivity index (χ4n) is 1.33. The van der Waals surface area contributed by atoms with Gasteiger partial charge < -0.3 is 15.2 Å². The van der Waals surface area contributed by atoms with Gasteiger partial charge in [0.05, 0.1) is 0 Å². The molecule has 4 heteroatoms. The van der Waals surface area contributed by atoms with Crippen molar-refractivity contribution in [3.8, 4) is 22.6 Å². The SMILES string of the molecule is O=c1ccc(-c2cc(O)ccc2O)c[nH]1. The number of hydrogen-bond donors (Lipinski definition) is 3. The molecule has 1 aromatic heterocycles. The average Bonchev–Trinajstić information content (AvgIpc) is 2.23. The monoisotopic (exact) mass is 203 g/mol. The van der Waals surface area contributed by atoms with Gasteiger partial charge in [-0.2, -0.15) is 0 Å². The highest BCUT2D eigenvalue weighted by molar-refractivity contribution is 5.70. The van der Waals surface area contributed by atoms with Crippen molar-refractivity contribution in [1.29, 1.82) is 0 Å². The van der Waals surface area contributed by atoms with Gasteiger partial charge in [-0.05, 0) is 24.3 Å². The molecule has 15 heavy (non-hydrogen) atoms. The lowest BCUT2D eigenvalue weighted by molar-refractivity contribution is 0.462. The molecule has 0 spiro atoms. The van der Waals surface area contributed by atoms with Crippen molar-refractivity contribution < 1.29 is 10.2 Å². The van der Waals surface area contributed by atoms with Crippen LogP contribution in [-0.2, 0) is 0 Å². The number of phenolic OH excluding ortho intramolecular Hbond substituents is 2. The minimum Gasteiger partial charge on any atom is -0.508 e. The maximum Gasteiger partial charge on any atom is 0.247 e. The minimum atomic E-state index is -0.210. The Balaban J connectivity index is 2.58. The molecule has 0 atom stereocenters. The van der Waals surface area contributed by atoms with Crippen molar-refractivity contribution in [2.24, 2.45) is 0 Å². The van der Waals surface area contributed by atoms with Gasteiger partial charge in [-0.25, -0.2) is 0 Å². The van der Waals surface area contributed by atoms with Gasteiger partial charge in [-0.1, -0.05) is 0 Å². The Labute approximate surface area is 85.5 Å². The fourth-order valence-corrected chi connectivity index (χ4v) is 1.33. The van der Waals surface area contributed by atoms with Gasteiger partial charge in [-0.3, -0.25) is 4.79 Å². The van der Waals surface area contributed by atoms with Crippen LogP contribution in [0.2, 0.25) is 0 Å². The third-order valence-electron chi connectivity index (χ3n) is 2.08. The molecule has 0 aliphatic carbocycles. The zero-order chi connectivity index (χ0) is 10.8. The molecule has 4 nitrogen and oxygen atoms in total. The van der Waals surface area contributed by atoms with Crippen molar-refractivity contribution in [2.45, 2.75) is 0 Å². The van der Waals surface area contributed by atoms with E-state index in [-0.39, 0.29) is 17.1 Å². The Kier molecular flexibility index (Phi) is 2.17. The summed E-state index contributed by atoms with van der Waals surface area (Å²) >= 11 is 0. The predicted molar refractivity (Wildman–Crippen MR) is 55.8 cm³/mol. The van der Waals surface area contributed by atoms with Crippen molar-refractivity contribution in [2.75, 3.05) is 0 Å². The number of H-pyrrole nitrogens is 1. The molecule has 0 fully saturated rings. The number of benzene rings is 1. The topological polar surface area (TPSA) is 73.3 Å². The molecule has 0 bridgehead atoms. The first-order chi connectivity index (χ1) is 7.16. The van der Waals surface area contributed by atoms with Gasteiger partial charge in [0.1, 0.15) is 11.5 Å². The normalized spacial score (nSPS) is 10.1. The molecule has 0 saturated carbocycles. The maximum atomic E-state index is 10.8. The van der Waals surface area contributed by atoms with Crippen molar-refractivity contribution in [3.63, 3.8) is 0 Å². The quantitative estimate of drug-likeness (QED) is 0.614. The fraction of sp³-hybridized carbons (Fsp3) is 0. The smallest absolute Gasteiger partial charge is 0.247 e. The summed E-state index contributed by atoms with van der Waals surface area (Å²) in [6.45, 7) is 0. The second-order valence-corrected chi connectivity index (χ2v) is 3.14. The van der Waals surface area contributed by atoms with E-state index in [2.05, 4.69) is 4.98 Å². The Morgan fingerprint density at radius 2 is 1.87 bits per heavy atom. The summed E-state index contributed by atoms with van der Waals surface area (Å²) in [5.41, 5.74) is 0.910. The van der Waals surface area contributed by atoms with Crippen LogP contribution in [0.25, 0.3) is 11.1 Å². The summed E-state index contributed by atoms with van der Waals surface area (Å²) in [5, 5.41) is 18.8. The van der Waals surface area contributed by atoms with Gasteiger partial charge >= 0.3 is 0 Å². The van der Waals surface area contributed by atoms with E-state index < -0.39 is 0 Å². The zero-order valence-corrected chi connectivity index (χ0v) is 7.77. The predicted octanol–water partition coefficient (Wildman–Crippen LogP) is 1.45. The number of aromatic amines is 1. The van der Waals surface area contributed by atoms with Crippen LogP contribution in [0.4, 0.5) is 0 Å². The Morgan fingerprint density at radius 3 is 2.53 bits per heavy atom. The number of aromatic nitrogens is 1. The second-order valence-electron chi connectivity index (χ2n) is 3.14. The van der Waals surface area contributed by atoms with Gasteiger partial charge in [-0.15, -0.1) is 0 Å². The number of pyridine rings is 1. The summed E-state index contributed by atoms with van der Waals surface area (Å²) in [4.78, 5) is 13.3. The Morgan fingerprint density at radius 1 is 1.07 bits per heavy atom. The van der Waals surface area contributed by atoms with Crippen LogP contribution in [0.15, 0.2) is 41.3 Å². The van der Waals surface area contributed by atoms with E-state index in [4.69, 9.17) is 0 Å². The van der Waals surface area contributed by atoms with Gasteiger partial charge in [0.15, 0.2) is 0 Å². The molecule has 2 rings (SSSR count). The van der Waals surface area contributed by atoms with Crippen LogP contribution in [0.1, 0.15) is 0 Å². The van der Waals surface area contributed by atoms with Crippen molar-refractivity contribution in [1.82, 2.24) is 4.98 Å². The lowest BCUT2D eigenvalue weighted by Crippen LogP contribution is -2.01. The van der Waals surface area contributed by atoms with E-state index in [9.17, 15) is 15.0 Å². The van der Waals surface area contributed by atoms with E-state index >= 15 is 0 Å². The van der Waals surface area contributed by atoms with Crippen LogP contribution < -0.4 is 5.56 Å². The highest BCUT2D eigenvalue weighted by Gasteiger charge is 2.04. The van der Waals surface area contributed by atoms with Crippen molar-refractivity contribution >= 4 is 0 Å². The van der Waals surface area contributed by atoms with E-state index in [1.54, 1.807) is 6.07 Å². The number of rotatable bonds is 1. The molecular weight excluding hydrogens is 194 g/mol.